The second-order valence-corrected chi connectivity index (χ2v) is 10.9. The van der Waals surface area contributed by atoms with Crippen molar-refractivity contribution in [2.45, 2.75) is 22.6 Å². The molecule has 4 rings (SSSR count). The van der Waals surface area contributed by atoms with Crippen molar-refractivity contribution in [3.63, 3.8) is 0 Å². The molecule has 30 heavy (non-hydrogen) atoms. The van der Waals surface area contributed by atoms with Gasteiger partial charge in [0.25, 0.3) is 0 Å². The maximum atomic E-state index is 13.2. The second kappa shape index (κ2) is 9.28. The van der Waals surface area contributed by atoms with Gasteiger partial charge in [-0.05, 0) is 36.2 Å². The molecule has 2 aliphatic rings. The Morgan fingerprint density at radius 2 is 1.77 bits per heavy atom. The van der Waals surface area contributed by atoms with E-state index in [-0.39, 0.29) is 15.8 Å². The first kappa shape index (κ1) is 21.6. The fraction of sp³-hybridized carbons (Fsp3) is 0.381. The van der Waals surface area contributed by atoms with Gasteiger partial charge in [-0.3, -0.25) is 9.69 Å². The van der Waals surface area contributed by atoms with Crippen LogP contribution >= 0.6 is 23.4 Å². The van der Waals surface area contributed by atoms with Crippen molar-refractivity contribution in [2.75, 3.05) is 43.8 Å². The molecular formula is C21H24ClN3O3S2. The lowest BCUT2D eigenvalue weighted by Gasteiger charge is -2.34. The summed E-state index contributed by atoms with van der Waals surface area (Å²) >= 11 is 8.13. The molecule has 1 fully saturated rings. The largest absolute Gasteiger partial charge is 0.326 e. The second-order valence-electron chi connectivity index (χ2n) is 7.40. The van der Waals surface area contributed by atoms with Crippen molar-refractivity contribution in [3.8, 4) is 0 Å². The summed E-state index contributed by atoms with van der Waals surface area (Å²) in [6.07, 6.45) is 0.959. The normalized spacial score (nSPS) is 18.1. The highest BCUT2D eigenvalue weighted by Crippen LogP contribution is 2.33. The molecule has 1 N–H and O–H groups in total. The van der Waals surface area contributed by atoms with Crippen molar-refractivity contribution < 1.29 is 13.2 Å². The zero-order chi connectivity index (χ0) is 21.1. The average Bonchev–Trinajstić information content (AvgIpc) is 2.74. The lowest BCUT2D eigenvalue weighted by Crippen LogP contribution is -2.49. The predicted molar refractivity (Wildman–Crippen MR) is 121 cm³/mol. The number of aryl methyl sites for hydroxylation is 1. The highest BCUT2D eigenvalue weighted by Gasteiger charge is 2.31. The van der Waals surface area contributed by atoms with E-state index >= 15 is 0 Å². The van der Waals surface area contributed by atoms with Crippen LogP contribution in [0.1, 0.15) is 12.0 Å². The van der Waals surface area contributed by atoms with Gasteiger partial charge in [0.1, 0.15) is 4.90 Å². The number of hydrogen-bond acceptors (Lipinski definition) is 5. The van der Waals surface area contributed by atoms with E-state index in [2.05, 4.69) is 22.3 Å². The van der Waals surface area contributed by atoms with Crippen LogP contribution < -0.4 is 5.32 Å². The van der Waals surface area contributed by atoms with Crippen LogP contribution in [0.15, 0.2) is 52.3 Å². The molecule has 2 heterocycles. The Kier molecular flexibility index (Phi) is 6.69. The number of hydrogen-bond donors (Lipinski definition) is 1. The number of benzene rings is 2. The number of carbonyl (C=O) groups excluding carboxylic acids is 1. The molecule has 2 aromatic carbocycles. The number of nitrogens with one attached hydrogen (secondary N) is 1. The molecule has 0 saturated carbocycles. The van der Waals surface area contributed by atoms with Crippen molar-refractivity contribution in [1.82, 2.24) is 9.21 Å². The number of rotatable bonds is 6. The third-order valence-corrected chi connectivity index (χ3v) is 8.78. The van der Waals surface area contributed by atoms with E-state index in [4.69, 9.17) is 11.6 Å². The van der Waals surface area contributed by atoms with Gasteiger partial charge in [0.05, 0.1) is 5.02 Å². The van der Waals surface area contributed by atoms with Gasteiger partial charge in [-0.25, -0.2) is 8.42 Å². The molecule has 0 bridgehead atoms. The molecule has 0 aliphatic carbocycles. The fourth-order valence-electron chi connectivity index (χ4n) is 3.72. The first-order valence-corrected chi connectivity index (χ1v) is 12.8. The molecule has 2 aromatic rings. The quantitative estimate of drug-likeness (QED) is 0.663. The smallest absolute Gasteiger partial charge is 0.244 e. The van der Waals surface area contributed by atoms with Crippen LogP contribution in [-0.4, -0.2) is 62.0 Å². The maximum Gasteiger partial charge on any atom is 0.244 e. The lowest BCUT2D eigenvalue weighted by molar-refractivity contribution is -0.116. The number of carbonyl (C=O) groups is 1. The third kappa shape index (κ3) is 4.84. The fourth-order valence-corrected chi connectivity index (χ4v) is 6.63. The minimum atomic E-state index is -3.71. The van der Waals surface area contributed by atoms with Gasteiger partial charge in [-0.1, -0.05) is 29.8 Å². The SMILES string of the molecule is O=C1CCc2cc(Cl)c(S(=O)(=O)N3CCN(CCSc4ccccc4)CC3)cc2N1. The molecule has 0 unspecified atom stereocenters. The van der Waals surface area contributed by atoms with Crippen LogP contribution in [0.4, 0.5) is 5.69 Å². The first-order valence-electron chi connectivity index (χ1n) is 9.96. The molecular weight excluding hydrogens is 442 g/mol. The summed E-state index contributed by atoms with van der Waals surface area (Å²) in [5, 5.41) is 2.97. The van der Waals surface area contributed by atoms with Crippen molar-refractivity contribution in [2.24, 2.45) is 0 Å². The van der Waals surface area contributed by atoms with Crippen molar-refractivity contribution in [3.05, 3.63) is 53.1 Å². The Morgan fingerprint density at radius 3 is 2.50 bits per heavy atom. The maximum absolute atomic E-state index is 13.2. The summed E-state index contributed by atoms with van der Waals surface area (Å²) in [7, 11) is -3.71. The highest BCUT2D eigenvalue weighted by atomic mass is 35.5. The van der Waals surface area contributed by atoms with E-state index in [9.17, 15) is 13.2 Å². The van der Waals surface area contributed by atoms with Crippen LogP contribution in [0.25, 0.3) is 0 Å². The van der Waals surface area contributed by atoms with E-state index in [1.807, 2.05) is 30.0 Å². The average molecular weight is 466 g/mol. The highest BCUT2D eigenvalue weighted by molar-refractivity contribution is 7.99. The van der Waals surface area contributed by atoms with Gasteiger partial charge in [-0.2, -0.15) is 4.31 Å². The van der Waals surface area contributed by atoms with Crippen LogP contribution in [0, 0.1) is 0 Å². The number of piperazine rings is 1. The van der Waals surface area contributed by atoms with E-state index in [0.29, 0.717) is 44.7 Å². The molecule has 0 radical (unpaired) electrons. The van der Waals surface area contributed by atoms with E-state index in [0.717, 1.165) is 17.9 Å². The molecule has 1 saturated heterocycles. The number of thioether (sulfide) groups is 1. The summed E-state index contributed by atoms with van der Waals surface area (Å²) < 4.78 is 27.9. The number of amides is 1. The Balaban J connectivity index is 1.37. The van der Waals surface area contributed by atoms with Gasteiger partial charge in [0.2, 0.25) is 15.9 Å². The minimum Gasteiger partial charge on any atom is -0.326 e. The van der Waals surface area contributed by atoms with Crippen LogP contribution in [0.5, 0.6) is 0 Å². The Morgan fingerprint density at radius 1 is 1.03 bits per heavy atom. The summed E-state index contributed by atoms with van der Waals surface area (Å²) in [5.74, 6) is 0.864. The first-order chi connectivity index (χ1) is 14.4. The molecule has 0 spiro atoms. The summed E-state index contributed by atoms with van der Waals surface area (Å²) in [6.45, 7) is 3.15. The number of halogens is 1. The minimum absolute atomic E-state index is 0.0678. The molecule has 0 atom stereocenters. The third-order valence-electron chi connectivity index (χ3n) is 5.42. The predicted octanol–water partition coefficient (Wildman–Crippen LogP) is 3.32. The van der Waals surface area contributed by atoms with Crippen molar-refractivity contribution in [1.29, 1.82) is 0 Å². The number of sulfonamides is 1. The molecule has 0 aromatic heterocycles. The summed E-state index contributed by atoms with van der Waals surface area (Å²) in [4.78, 5) is 15.3. The van der Waals surface area contributed by atoms with Crippen LogP contribution in [0.2, 0.25) is 5.02 Å². The Bertz CT molecular complexity index is 1020. The van der Waals surface area contributed by atoms with Gasteiger partial charge < -0.3 is 5.32 Å². The molecule has 6 nitrogen and oxygen atoms in total. The lowest BCUT2D eigenvalue weighted by atomic mass is 10.0. The molecule has 160 valence electrons. The standard InChI is InChI=1S/C21H24ClN3O3S2/c22-18-14-16-6-7-21(26)23-19(16)15-20(18)30(27,28)25-10-8-24(9-11-25)12-13-29-17-4-2-1-3-5-17/h1-5,14-15H,6-13H2,(H,23,26). The monoisotopic (exact) mass is 465 g/mol. The summed E-state index contributed by atoms with van der Waals surface area (Å²) in [6, 6.07) is 13.4. The van der Waals surface area contributed by atoms with Gasteiger partial charge in [0.15, 0.2) is 0 Å². The number of nitrogens with zero attached hydrogens (tertiary/aromatic N) is 2. The zero-order valence-electron chi connectivity index (χ0n) is 16.5. The topological polar surface area (TPSA) is 69.7 Å². The number of fused-ring (bicyclic) bond motifs is 1. The molecule has 1 amide bonds. The van der Waals surface area contributed by atoms with Gasteiger partial charge in [0, 0.05) is 55.5 Å². The number of anilines is 1. The molecule has 9 heteroatoms. The van der Waals surface area contributed by atoms with Crippen LogP contribution in [0.3, 0.4) is 0 Å². The van der Waals surface area contributed by atoms with E-state index in [1.165, 1.54) is 15.3 Å². The molecule has 2 aliphatic heterocycles. The van der Waals surface area contributed by atoms with Gasteiger partial charge >= 0.3 is 0 Å². The van der Waals surface area contributed by atoms with Crippen molar-refractivity contribution >= 4 is 45.0 Å². The zero-order valence-corrected chi connectivity index (χ0v) is 18.9. The van der Waals surface area contributed by atoms with Crippen LogP contribution in [-0.2, 0) is 21.2 Å². The Hall–Kier alpha value is -1.58. The van der Waals surface area contributed by atoms with E-state index < -0.39 is 10.0 Å². The Labute approximate surface area is 186 Å². The summed E-state index contributed by atoms with van der Waals surface area (Å²) in [5.41, 5.74) is 1.42. The van der Waals surface area contributed by atoms with Gasteiger partial charge in [-0.15, -0.1) is 11.8 Å². The van der Waals surface area contributed by atoms with E-state index in [1.54, 1.807) is 6.07 Å².